The maximum Gasteiger partial charge on any atom is 0.310 e. The van der Waals surface area contributed by atoms with Gasteiger partial charge in [0.25, 0.3) is 0 Å². The molecule has 1 aromatic carbocycles. The van der Waals surface area contributed by atoms with E-state index in [0.717, 1.165) is 0 Å². The lowest BCUT2D eigenvalue weighted by Gasteiger charge is -2.21. The van der Waals surface area contributed by atoms with E-state index in [1.807, 2.05) is 0 Å². The molecule has 3 heterocycles. The quantitative estimate of drug-likeness (QED) is 0.809. The van der Waals surface area contributed by atoms with E-state index in [2.05, 4.69) is 5.32 Å². The summed E-state index contributed by atoms with van der Waals surface area (Å²) in [6, 6.07) is 5.04. The van der Waals surface area contributed by atoms with Crippen LogP contribution < -0.4 is 14.8 Å². The summed E-state index contributed by atoms with van der Waals surface area (Å²) in [6.07, 6.45) is 2.43. The zero-order valence-corrected chi connectivity index (χ0v) is 11.4. The van der Waals surface area contributed by atoms with Crippen LogP contribution in [0.2, 0.25) is 0 Å². The summed E-state index contributed by atoms with van der Waals surface area (Å²) in [5, 5.41) is 12.0. The Kier molecular flexibility index (Phi) is 2.83. The van der Waals surface area contributed by atoms with Crippen molar-refractivity contribution < 1.29 is 28.9 Å². The van der Waals surface area contributed by atoms with Gasteiger partial charge in [0.05, 0.1) is 18.1 Å². The van der Waals surface area contributed by atoms with Gasteiger partial charge in [-0.3, -0.25) is 9.59 Å². The van der Waals surface area contributed by atoms with Gasteiger partial charge >= 0.3 is 5.97 Å². The van der Waals surface area contributed by atoms with E-state index < -0.39 is 30.0 Å². The van der Waals surface area contributed by atoms with Crippen molar-refractivity contribution in [3.63, 3.8) is 0 Å². The SMILES string of the molecule is O=C(O)[C@@H]1[C@H](C(=O)Nc2ccc3c(c2)OCO3)[C@H]2C=C[C@@H]1O2. The summed E-state index contributed by atoms with van der Waals surface area (Å²) >= 11 is 0. The van der Waals surface area contributed by atoms with Gasteiger partial charge in [0.2, 0.25) is 12.7 Å². The van der Waals surface area contributed by atoms with Gasteiger partial charge in [-0.2, -0.15) is 0 Å². The molecule has 1 aromatic rings. The molecule has 0 saturated carbocycles. The highest BCUT2D eigenvalue weighted by molar-refractivity contribution is 5.97. The molecule has 0 aliphatic carbocycles. The molecule has 114 valence electrons. The average molecular weight is 303 g/mol. The number of hydrogen-bond donors (Lipinski definition) is 2. The Morgan fingerprint density at radius 1 is 1.09 bits per heavy atom. The number of carboxylic acid groups (broad SMARTS) is 1. The first-order valence-corrected chi connectivity index (χ1v) is 6.90. The van der Waals surface area contributed by atoms with Gasteiger partial charge in [0, 0.05) is 11.8 Å². The molecular formula is C15H13NO6. The Labute approximate surface area is 125 Å². The van der Waals surface area contributed by atoms with Crippen LogP contribution in [0, 0.1) is 11.8 Å². The Bertz CT molecular complexity index is 685. The average Bonchev–Trinajstić information content (AvgIpc) is 3.20. The second-order valence-corrected chi connectivity index (χ2v) is 5.40. The molecule has 1 amide bonds. The molecule has 0 aromatic heterocycles. The number of carboxylic acids is 1. The van der Waals surface area contributed by atoms with Crippen molar-refractivity contribution in [2.45, 2.75) is 12.2 Å². The van der Waals surface area contributed by atoms with Gasteiger partial charge in [-0.1, -0.05) is 12.2 Å². The van der Waals surface area contributed by atoms with Gasteiger partial charge < -0.3 is 24.6 Å². The standard InChI is InChI=1S/C15H13NO6/c17-14(12-9-3-4-10(22-9)13(12)15(18)19)16-7-1-2-8-11(5-7)21-6-20-8/h1-5,9-10,12-13H,6H2,(H,16,17)(H,18,19)/t9-,10+,12-,13+/m1/s1. The van der Waals surface area contributed by atoms with Crippen molar-refractivity contribution in [1.82, 2.24) is 0 Å². The van der Waals surface area contributed by atoms with Gasteiger partial charge in [-0.15, -0.1) is 0 Å². The third-order valence-electron chi connectivity index (χ3n) is 4.13. The summed E-state index contributed by atoms with van der Waals surface area (Å²) in [5.41, 5.74) is 0.533. The normalized spacial score (nSPS) is 30.5. The first kappa shape index (κ1) is 13.1. The third kappa shape index (κ3) is 1.93. The molecule has 0 spiro atoms. The number of hydrogen-bond acceptors (Lipinski definition) is 5. The van der Waals surface area contributed by atoms with Gasteiger partial charge in [0.15, 0.2) is 11.5 Å². The van der Waals surface area contributed by atoms with Gasteiger partial charge in [0.1, 0.15) is 5.92 Å². The molecule has 22 heavy (non-hydrogen) atoms. The van der Waals surface area contributed by atoms with Crippen molar-refractivity contribution in [2.75, 3.05) is 12.1 Å². The molecule has 3 aliphatic rings. The van der Waals surface area contributed by atoms with Crippen LogP contribution in [-0.2, 0) is 14.3 Å². The van der Waals surface area contributed by atoms with Crippen LogP contribution in [0.15, 0.2) is 30.4 Å². The highest BCUT2D eigenvalue weighted by Gasteiger charge is 2.53. The molecule has 3 aliphatic heterocycles. The number of benzene rings is 1. The second kappa shape index (κ2) is 4.74. The molecule has 0 radical (unpaired) electrons. The van der Waals surface area contributed by atoms with Crippen molar-refractivity contribution in [3.05, 3.63) is 30.4 Å². The predicted molar refractivity (Wildman–Crippen MR) is 73.6 cm³/mol. The Hall–Kier alpha value is -2.54. The van der Waals surface area contributed by atoms with E-state index in [4.69, 9.17) is 14.2 Å². The minimum Gasteiger partial charge on any atom is -0.481 e. The monoisotopic (exact) mass is 303 g/mol. The molecule has 4 atom stereocenters. The van der Waals surface area contributed by atoms with E-state index in [1.54, 1.807) is 30.4 Å². The van der Waals surface area contributed by atoms with Gasteiger partial charge in [-0.05, 0) is 12.1 Å². The number of ether oxygens (including phenoxy) is 3. The van der Waals surface area contributed by atoms with Crippen LogP contribution in [0.1, 0.15) is 0 Å². The highest BCUT2D eigenvalue weighted by atomic mass is 16.7. The van der Waals surface area contributed by atoms with Crippen LogP contribution in [0.3, 0.4) is 0 Å². The van der Waals surface area contributed by atoms with Crippen LogP contribution in [0.4, 0.5) is 5.69 Å². The summed E-state index contributed by atoms with van der Waals surface area (Å²) in [5.74, 6) is -1.82. The zero-order chi connectivity index (χ0) is 15.3. The van der Waals surface area contributed by atoms with Crippen LogP contribution >= 0.6 is 0 Å². The number of fused-ring (bicyclic) bond motifs is 3. The fraction of sp³-hybridized carbons (Fsp3) is 0.333. The summed E-state index contributed by atoms with van der Waals surface area (Å²) in [4.78, 5) is 23.8. The molecule has 4 rings (SSSR count). The van der Waals surface area contributed by atoms with Crippen molar-refractivity contribution in [3.8, 4) is 11.5 Å². The van der Waals surface area contributed by atoms with E-state index >= 15 is 0 Å². The third-order valence-corrected chi connectivity index (χ3v) is 4.13. The number of amides is 1. The van der Waals surface area contributed by atoms with E-state index in [1.165, 1.54) is 0 Å². The first-order valence-electron chi connectivity index (χ1n) is 6.90. The number of carbonyl (C=O) groups excluding carboxylic acids is 1. The molecular weight excluding hydrogens is 290 g/mol. The minimum atomic E-state index is -1.03. The number of carbonyl (C=O) groups is 2. The van der Waals surface area contributed by atoms with Crippen LogP contribution in [-0.4, -0.2) is 36.0 Å². The Morgan fingerprint density at radius 3 is 2.59 bits per heavy atom. The van der Waals surface area contributed by atoms with Crippen molar-refractivity contribution >= 4 is 17.6 Å². The van der Waals surface area contributed by atoms with Crippen LogP contribution in [0.5, 0.6) is 11.5 Å². The molecule has 0 unspecified atom stereocenters. The molecule has 2 N–H and O–H groups in total. The number of rotatable bonds is 3. The van der Waals surface area contributed by atoms with E-state index in [9.17, 15) is 14.7 Å². The lowest BCUT2D eigenvalue weighted by atomic mass is 9.82. The lowest BCUT2D eigenvalue weighted by molar-refractivity contribution is -0.145. The Balaban J connectivity index is 1.55. The fourth-order valence-corrected chi connectivity index (χ4v) is 3.11. The molecule has 1 fully saturated rings. The molecule has 7 nitrogen and oxygen atoms in total. The molecule has 7 heteroatoms. The summed E-state index contributed by atoms with van der Waals surface area (Å²) < 4.78 is 16.0. The molecule has 1 saturated heterocycles. The number of anilines is 1. The van der Waals surface area contributed by atoms with Crippen LogP contribution in [0.25, 0.3) is 0 Å². The number of nitrogens with one attached hydrogen (secondary N) is 1. The Morgan fingerprint density at radius 2 is 1.82 bits per heavy atom. The minimum absolute atomic E-state index is 0.152. The van der Waals surface area contributed by atoms with E-state index in [-0.39, 0.29) is 12.7 Å². The predicted octanol–water partition coefficient (Wildman–Crippen LogP) is 1.01. The summed E-state index contributed by atoms with van der Waals surface area (Å²) in [6.45, 7) is 0.152. The second-order valence-electron chi connectivity index (χ2n) is 5.40. The summed E-state index contributed by atoms with van der Waals surface area (Å²) in [7, 11) is 0. The number of aliphatic carboxylic acids is 1. The molecule has 2 bridgehead atoms. The van der Waals surface area contributed by atoms with Gasteiger partial charge in [-0.25, -0.2) is 0 Å². The zero-order valence-electron chi connectivity index (χ0n) is 11.4. The maximum atomic E-state index is 12.5. The van der Waals surface area contributed by atoms with Crippen molar-refractivity contribution in [2.24, 2.45) is 11.8 Å². The largest absolute Gasteiger partial charge is 0.481 e. The highest BCUT2D eigenvalue weighted by Crippen LogP contribution is 2.40. The first-order chi connectivity index (χ1) is 10.6. The van der Waals surface area contributed by atoms with E-state index in [0.29, 0.717) is 17.2 Å². The maximum absolute atomic E-state index is 12.5. The smallest absolute Gasteiger partial charge is 0.310 e. The topological polar surface area (TPSA) is 94.1 Å². The lowest BCUT2D eigenvalue weighted by Crippen LogP contribution is -2.39. The van der Waals surface area contributed by atoms with Crippen molar-refractivity contribution in [1.29, 1.82) is 0 Å². The fourth-order valence-electron chi connectivity index (χ4n) is 3.11.